The summed E-state index contributed by atoms with van der Waals surface area (Å²) in [5.74, 6) is 0.372. The van der Waals surface area contributed by atoms with E-state index < -0.39 is 24.6 Å². The second-order valence-corrected chi connectivity index (χ2v) is 11.1. The maximum Gasteiger partial charge on any atom is 0.387 e. The Balaban J connectivity index is 0.000000348. The molecule has 9 nitrogen and oxygen atoms in total. The summed E-state index contributed by atoms with van der Waals surface area (Å²) < 4.78 is 40.5. The van der Waals surface area contributed by atoms with Crippen molar-refractivity contribution >= 4 is 23.4 Å². The van der Waals surface area contributed by atoms with Crippen LogP contribution in [0.5, 0.6) is 17.2 Å². The number of nitriles is 2. The van der Waals surface area contributed by atoms with Crippen molar-refractivity contribution in [3.63, 3.8) is 0 Å². The number of aliphatic imine (C=N–C) groups is 1. The van der Waals surface area contributed by atoms with Gasteiger partial charge in [0.25, 0.3) is 0 Å². The number of halogens is 3. The predicted molar refractivity (Wildman–Crippen MR) is 177 cm³/mol. The summed E-state index contributed by atoms with van der Waals surface area (Å²) >= 11 is 5.67. The largest absolute Gasteiger partial charge is 0.457 e. The van der Waals surface area contributed by atoms with Gasteiger partial charge in [-0.15, -0.1) is 0 Å². The molecule has 1 aromatic heterocycles. The molecule has 4 aromatic rings. The Bertz CT molecular complexity index is 1720. The minimum Gasteiger partial charge on any atom is -0.457 e. The van der Waals surface area contributed by atoms with Crippen LogP contribution in [0.25, 0.3) is 0 Å². The third kappa shape index (κ3) is 11.7. The van der Waals surface area contributed by atoms with E-state index in [0.717, 1.165) is 5.56 Å². The molecule has 0 aliphatic carbocycles. The lowest BCUT2D eigenvalue weighted by Crippen LogP contribution is -2.23. The summed E-state index contributed by atoms with van der Waals surface area (Å²) in [6.07, 6.45) is 2.32. The maximum atomic E-state index is 13.0. The molecule has 0 amide bonds. The number of hydrogen-bond donors (Lipinski definition) is 0. The van der Waals surface area contributed by atoms with E-state index >= 15 is 0 Å². The number of benzene rings is 3. The molecule has 12 heteroatoms. The van der Waals surface area contributed by atoms with Crippen molar-refractivity contribution in [2.24, 2.45) is 10.9 Å². The van der Waals surface area contributed by atoms with Crippen molar-refractivity contribution in [1.29, 1.82) is 10.5 Å². The van der Waals surface area contributed by atoms with Crippen LogP contribution in [-0.4, -0.2) is 35.3 Å². The Morgan fingerprint density at radius 2 is 1.62 bits per heavy atom. The second-order valence-electron chi connectivity index (χ2n) is 10.7. The third-order valence-corrected chi connectivity index (χ3v) is 7.07. The van der Waals surface area contributed by atoms with E-state index in [1.165, 1.54) is 12.1 Å². The molecule has 0 saturated carbocycles. The lowest BCUT2D eigenvalue weighted by atomic mass is 9.88. The molecule has 0 spiro atoms. The van der Waals surface area contributed by atoms with E-state index in [4.69, 9.17) is 26.3 Å². The molecule has 0 aliphatic heterocycles. The standard InChI is InChI=1S/C26H23F2NO4.C10H11ClN4/c1-17(2)24(18-11-13-21(14-12-18)32-26(27)28)25(30)33-23(16-29)19-7-6-10-22(15-19)31-20-8-4-3-5-9-20;1-8(14-7-12)15(2)6-9-3-4-10(11)13-5-9/h3-15,17,23-24,26H,1-2H3;3-5H,6H2,1-2H3/b;14-8+/t23?,24-;/m0./s1. The van der Waals surface area contributed by atoms with Gasteiger partial charge in [0.2, 0.25) is 12.3 Å². The van der Waals surface area contributed by atoms with Crippen LogP contribution in [0.3, 0.4) is 0 Å². The van der Waals surface area contributed by atoms with Gasteiger partial charge < -0.3 is 19.1 Å². The molecule has 248 valence electrons. The quantitative estimate of drug-likeness (QED) is 0.0510. The van der Waals surface area contributed by atoms with E-state index in [9.17, 15) is 18.8 Å². The van der Waals surface area contributed by atoms with Crippen LogP contribution < -0.4 is 9.47 Å². The highest BCUT2D eigenvalue weighted by Gasteiger charge is 2.29. The van der Waals surface area contributed by atoms with Crippen LogP contribution in [0.15, 0.2) is 102 Å². The number of hydrogen-bond acceptors (Lipinski definition) is 8. The average molecular weight is 674 g/mol. The summed E-state index contributed by atoms with van der Waals surface area (Å²) in [5, 5.41) is 18.5. The number of rotatable bonds is 11. The summed E-state index contributed by atoms with van der Waals surface area (Å²) in [4.78, 5) is 22.5. The first kappa shape index (κ1) is 36.9. The van der Waals surface area contributed by atoms with E-state index in [2.05, 4.69) is 14.7 Å². The molecule has 0 saturated heterocycles. The summed E-state index contributed by atoms with van der Waals surface area (Å²) in [6, 6.07) is 27.4. The van der Waals surface area contributed by atoms with E-state index in [-0.39, 0.29) is 11.7 Å². The summed E-state index contributed by atoms with van der Waals surface area (Å²) in [5.41, 5.74) is 2.08. The molecular weight excluding hydrogens is 640 g/mol. The van der Waals surface area contributed by atoms with Gasteiger partial charge in [0.1, 0.15) is 34.3 Å². The number of pyridine rings is 1. The fraction of sp³-hybridized carbons (Fsp3) is 0.250. The number of aromatic nitrogens is 1. The van der Waals surface area contributed by atoms with E-state index in [0.29, 0.717) is 40.2 Å². The van der Waals surface area contributed by atoms with Crippen LogP contribution in [0, 0.1) is 28.7 Å². The van der Waals surface area contributed by atoms with Gasteiger partial charge in [-0.05, 0) is 66.4 Å². The number of carbonyl (C=O) groups excluding carboxylic acids is 1. The fourth-order valence-corrected chi connectivity index (χ4v) is 4.53. The fourth-order valence-electron chi connectivity index (χ4n) is 4.42. The molecule has 3 aromatic carbocycles. The average Bonchev–Trinajstić information content (AvgIpc) is 3.06. The molecule has 1 unspecified atom stereocenters. The number of esters is 1. The Morgan fingerprint density at radius 3 is 2.21 bits per heavy atom. The zero-order valence-electron chi connectivity index (χ0n) is 26.8. The first-order valence-corrected chi connectivity index (χ1v) is 15.1. The Morgan fingerprint density at radius 1 is 0.938 bits per heavy atom. The van der Waals surface area contributed by atoms with Gasteiger partial charge >= 0.3 is 12.6 Å². The zero-order valence-corrected chi connectivity index (χ0v) is 27.5. The number of alkyl halides is 2. The Labute approximate surface area is 283 Å². The third-order valence-electron chi connectivity index (χ3n) is 6.85. The van der Waals surface area contributed by atoms with Crippen molar-refractivity contribution < 1.29 is 27.8 Å². The molecule has 1 heterocycles. The molecular formula is C36H34ClF2N5O4. The van der Waals surface area contributed by atoms with Gasteiger partial charge in [0, 0.05) is 25.4 Å². The predicted octanol–water partition coefficient (Wildman–Crippen LogP) is 8.69. The van der Waals surface area contributed by atoms with Gasteiger partial charge in [-0.2, -0.15) is 24.3 Å². The molecule has 0 bridgehead atoms. The monoisotopic (exact) mass is 673 g/mol. The molecule has 0 fully saturated rings. The number of para-hydroxylation sites is 1. The SMILES string of the molecule is C/C(=N\C#N)N(C)Cc1ccc(Cl)nc1.CC(C)[C@H](C(=O)OC(C#N)c1cccc(Oc2ccccc2)c1)c1ccc(OC(F)F)cc1. The van der Waals surface area contributed by atoms with E-state index in [1.807, 2.05) is 56.1 Å². The highest BCUT2D eigenvalue weighted by Crippen LogP contribution is 2.31. The number of nitrogens with zero attached hydrogens (tertiary/aromatic N) is 5. The van der Waals surface area contributed by atoms with Gasteiger partial charge in [-0.25, -0.2) is 4.98 Å². The smallest absolute Gasteiger partial charge is 0.387 e. The van der Waals surface area contributed by atoms with Crippen molar-refractivity contribution in [2.45, 2.75) is 45.9 Å². The molecule has 4 rings (SSSR count). The van der Waals surface area contributed by atoms with Crippen LogP contribution >= 0.6 is 11.6 Å². The van der Waals surface area contributed by atoms with Crippen molar-refractivity contribution in [1.82, 2.24) is 9.88 Å². The molecule has 0 aliphatic rings. The normalized spacial score (nSPS) is 12.1. The molecule has 48 heavy (non-hydrogen) atoms. The molecule has 0 N–H and O–H groups in total. The Kier molecular flexibility index (Phi) is 14.3. The van der Waals surface area contributed by atoms with Gasteiger partial charge in [-0.1, -0.05) is 74.0 Å². The van der Waals surface area contributed by atoms with Gasteiger partial charge in [0.15, 0.2) is 0 Å². The van der Waals surface area contributed by atoms with Gasteiger partial charge in [-0.3, -0.25) is 4.79 Å². The second kappa shape index (κ2) is 18.6. The van der Waals surface area contributed by atoms with E-state index in [1.54, 1.807) is 73.9 Å². The summed E-state index contributed by atoms with van der Waals surface area (Å²) in [6.45, 7) is 3.18. The van der Waals surface area contributed by atoms with Crippen LogP contribution in [0.4, 0.5) is 8.78 Å². The first-order valence-electron chi connectivity index (χ1n) is 14.7. The van der Waals surface area contributed by atoms with Crippen LogP contribution in [-0.2, 0) is 16.1 Å². The Hall–Kier alpha value is -5.52. The van der Waals surface area contributed by atoms with Crippen molar-refractivity contribution in [3.05, 3.63) is 119 Å². The number of ether oxygens (including phenoxy) is 3. The zero-order chi connectivity index (χ0) is 35.1. The maximum absolute atomic E-state index is 13.0. The van der Waals surface area contributed by atoms with Gasteiger partial charge in [0.05, 0.1) is 5.92 Å². The number of carbonyl (C=O) groups is 1. The van der Waals surface area contributed by atoms with Crippen molar-refractivity contribution in [3.8, 4) is 29.5 Å². The van der Waals surface area contributed by atoms with Crippen LogP contribution in [0.2, 0.25) is 5.15 Å². The molecule has 0 radical (unpaired) electrons. The lowest BCUT2D eigenvalue weighted by molar-refractivity contribution is -0.150. The topological polar surface area (TPSA) is 121 Å². The minimum absolute atomic E-state index is 0.00486. The molecule has 2 atom stereocenters. The van der Waals surface area contributed by atoms with Crippen LogP contribution in [0.1, 0.15) is 49.5 Å². The minimum atomic E-state index is -2.93. The lowest BCUT2D eigenvalue weighted by Gasteiger charge is -2.22. The highest BCUT2D eigenvalue weighted by atomic mass is 35.5. The first-order chi connectivity index (χ1) is 23.0. The highest BCUT2D eigenvalue weighted by molar-refractivity contribution is 6.29. The van der Waals surface area contributed by atoms with Crippen molar-refractivity contribution in [2.75, 3.05) is 7.05 Å². The number of amidine groups is 1. The summed E-state index contributed by atoms with van der Waals surface area (Å²) in [7, 11) is 1.87.